The first-order valence-corrected chi connectivity index (χ1v) is 9.62. The van der Waals surface area contributed by atoms with E-state index in [2.05, 4.69) is 32.6 Å². The smallest absolute Gasteiger partial charge is 0.414 e. The van der Waals surface area contributed by atoms with Crippen molar-refractivity contribution in [2.24, 2.45) is 11.8 Å². The van der Waals surface area contributed by atoms with Gasteiger partial charge in [0.15, 0.2) is 0 Å². The number of aliphatic hydroxyl groups excluding tert-OH is 1. The molecule has 0 saturated heterocycles. The van der Waals surface area contributed by atoms with Crippen LogP contribution >= 0.6 is 0 Å². The van der Waals surface area contributed by atoms with Crippen molar-refractivity contribution in [3.05, 3.63) is 29.8 Å². The van der Waals surface area contributed by atoms with E-state index in [4.69, 9.17) is 29.3 Å². The van der Waals surface area contributed by atoms with Crippen LogP contribution < -0.4 is 4.74 Å². The Morgan fingerprint density at radius 2 is 1.41 bits per heavy atom. The van der Waals surface area contributed by atoms with Gasteiger partial charge in [-0.25, -0.2) is 9.59 Å². The van der Waals surface area contributed by atoms with E-state index in [1.165, 1.54) is 0 Å². The van der Waals surface area contributed by atoms with E-state index >= 15 is 0 Å². The van der Waals surface area contributed by atoms with Crippen molar-refractivity contribution in [3.63, 3.8) is 0 Å². The molecule has 0 radical (unpaired) electrons. The lowest BCUT2D eigenvalue weighted by molar-refractivity contribution is -0.159. The lowest BCUT2D eigenvalue weighted by Gasteiger charge is -2.28. The minimum absolute atomic E-state index is 0.360. The molecule has 166 valence electrons. The van der Waals surface area contributed by atoms with E-state index in [0.29, 0.717) is 31.6 Å². The number of nitrogens with zero attached hydrogens (tertiary/aromatic N) is 1. The number of rotatable bonds is 11. The van der Waals surface area contributed by atoms with Crippen LogP contribution in [0.2, 0.25) is 0 Å². The molecule has 1 rings (SSSR count). The van der Waals surface area contributed by atoms with E-state index in [0.717, 1.165) is 24.4 Å². The van der Waals surface area contributed by atoms with Gasteiger partial charge in [-0.05, 0) is 29.5 Å². The Balaban J connectivity index is 0.00000113. The normalized spacial score (nSPS) is 11.9. The van der Waals surface area contributed by atoms with Gasteiger partial charge in [0.1, 0.15) is 5.75 Å². The fourth-order valence-corrected chi connectivity index (χ4v) is 2.64. The highest BCUT2D eigenvalue weighted by Crippen LogP contribution is 2.12. The number of carbonyl (C=O) groups is 2. The van der Waals surface area contributed by atoms with Crippen LogP contribution in [0.1, 0.15) is 33.3 Å². The van der Waals surface area contributed by atoms with E-state index in [-0.39, 0.29) is 0 Å². The molecule has 0 amide bonds. The molecule has 0 aromatic heterocycles. The van der Waals surface area contributed by atoms with E-state index in [1.807, 2.05) is 24.3 Å². The quantitative estimate of drug-likeness (QED) is 0.473. The number of carboxylic acids is 2. The zero-order valence-electron chi connectivity index (χ0n) is 18.0. The van der Waals surface area contributed by atoms with Crippen LogP contribution in [-0.2, 0) is 20.9 Å². The molecule has 0 aliphatic rings. The lowest BCUT2D eigenvalue weighted by atomic mass is 10.1. The van der Waals surface area contributed by atoms with Crippen LogP contribution in [-0.4, -0.2) is 71.6 Å². The molecule has 0 saturated carbocycles. The van der Waals surface area contributed by atoms with Crippen LogP contribution in [0, 0.1) is 11.8 Å². The van der Waals surface area contributed by atoms with Gasteiger partial charge in [-0.2, -0.15) is 0 Å². The molecule has 8 heteroatoms. The number of hydrogen-bond donors (Lipinski definition) is 3. The van der Waals surface area contributed by atoms with E-state index in [9.17, 15) is 5.11 Å². The van der Waals surface area contributed by atoms with Crippen molar-refractivity contribution >= 4 is 11.9 Å². The molecule has 0 aliphatic heterocycles. The molecule has 1 aromatic carbocycles. The second-order valence-electron chi connectivity index (χ2n) is 7.63. The van der Waals surface area contributed by atoms with Gasteiger partial charge in [0.2, 0.25) is 0 Å². The standard InChI is InChI=1S/C19H33NO3.C2H2O4/c1-15(2)10-20(11-16(3)4)12-18(21)14-23-13-17-6-8-19(22-5)9-7-17;3-1(4)2(5)6/h6-9,15-16,18,21H,10-14H2,1-5H3;(H,3,4)(H,5,6). The number of methoxy groups -OCH3 is 1. The average Bonchev–Trinajstić information content (AvgIpc) is 2.61. The fraction of sp³-hybridized carbons (Fsp3) is 0.619. The van der Waals surface area contributed by atoms with Crippen molar-refractivity contribution in [1.29, 1.82) is 0 Å². The van der Waals surface area contributed by atoms with Gasteiger partial charge < -0.3 is 29.7 Å². The first-order chi connectivity index (χ1) is 13.5. The van der Waals surface area contributed by atoms with Crippen molar-refractivity contribution in [3.8, 4) is 5.75 Å². The topological polar surface area (TPSA) is 117 Å². The minimum atomic E-state index is -1.82. The summed E-state index contributed by atoms with van der Waals surface area (Å²) in [7, 11) is 1.65. The Hall–Kier alpha value is -2.16. The highest BCUT2D eigenvalue weighted by Gasteiger charge is 2.14. The number of hydrogen-bond acceptors (Lipinski definition) is 6. The summed E-state index contributed by atoms with van der Waals surface area (Å²) in [4.78, 5) is 20.5. The maximum atomic E-state index is 10.2. The second-order valence-corrected chi connectivity index (χ2v) is 7.63. The Bertz CT molecular complexity index is 565. The summed E-state index contributed by atoms with van der Waals surface area (Å²) in [6, 6.07) is 7.80. The SMILES string of the molecule is COc1ccc(COCC(O)CN(CC(C)C)CC(C)C)cc1.O=C(O)C(=O)O. The van der Waals surface area contributed by atoms with Gasteiger partial charge in [-0.3, -0.25) is 0 Å². The first-order valence-electron chi connectivity index (χ1n) is 9.62. The number of benzene rings is 1. The maximum Gasteiger partial charge on any atom is 0.414 e. The van der Waals surface area contributed by atoms with Crippen molar-refractivity contribution in [2.75, 3.05) is 33.4 Å². The van der Waals surface area contributed by atoms with Crippen molar-refractivity contribution in [2.45, 2.75) is 40.4 Å². The molecule has 0 bridgehead atoms. The summed E-state index contributed by atoms with van der Waals surface area (Å²) in [5, 5.41) is 25.0. The number of aliphatic hydroxyl groups is 1. The molecular formula is C21H35NO7. The Morgan fingerprint density at radius 1 is 0.931 bits per heavy atom. The minimum Gasteiger partial charge on any atom is -0.497 e. The van der Waals surface area contributed by atoms with Gasteiger partial charge in [0, 0.05) is 19.6 Å². The molecule has 0 spiro atoms. The average molecular weight is 414 g/mol. The molecule has 29 heavy (non-hydrogen) atoms. The predicted molar refractivity (Wildman–Crippen MR) is 110 cm³/mol. The summed E-state index contributed by atoms with van der Waals surface area (Å²) < 4.78 is 10.8. The third-order valence-electron chi connectivity index (χ3n) is 3.64. The third-order valence-corrected chi connectivity index (χ3v) is 3.64. The highest BCUT2D eigenvalue weighted by molar-refractivity contribution is 6.27. The van der Waals surface area contributed by atoms with Gasteiger partial charge in [0.25, 0.3) is 0 Å². The van der Waals surface area contributed by atoms with E-state index < -0.39 is 18.0 Å². The molecule has 3 N–H and O–H groups in total. The molecule has 0 aliphatic carbocycles. The number of ether oxygens (including phenoxy) is 2. The molecule has 8 nitrogen and oxygen atoms in total. The van der Waals surface area contributed by atoms with Crippen molar-refractivity contribution in [1.82, 2.24) is 4.90 Å². The molecular weight excluding hydrogens is 378 g/mol. The Labute approximate surface area is 173 Å². The predicted octanol–water partition coefficient (Wildman–Crippen LogP) is 2.34. The largest absolute Gasteiger partial charge is 0.497 e. The van der Waals surface area contributed by atoms with Crippen LogP contribution in [0.4, 0.5) is 0 Å². The van der Waals surface area contributed by atoms with Gasteiger partial charge in [-0.1, -0.05) is 39.8 Å². The zero-order valence-corrected chi connectivity index (χ0v) is 18.0. The summed E-state index contributed by atoms with van der Waals surface area (Å²) in [5.41, 5.74) is 1.08. The van der Waals surface area contributed by atoms with E-state index in [1.54, 1.807) is 7.11 Å². The van der Waals surface area contributed by atoms with Crippen LogP contribution in [0.25, 0.3) is 0 Å². The molecule has 0 fully saturated rings. The first kappa shape index (κ1) is 26.8. The van der Waals surface area contributed by atoms with Crippen LogP contribution in [0.3, 0.4) is 0 Å². The molecule has 0 heterocycles. The Morgan fingerprint density at radius 3 is 1.79 bits per heavy atom. The summed E-state index contributed by atoms with van der Waals surface area (Å²) in [6.45, 7) is 12.4. The molecule has 1 aromatic rings. The Kier molecular flexibility index (Phi) is 13.7. The monoisotopic (exact) mass is 413 g/mol. The number of carboxylic acid groups (broad SMARTS) is 2. The maximum absolute atomic E-state index is 10.2. The third kappa shape index (κ3) is 14.5. The summed E-state index contributed by atoms with van der Waals surface area (Å²) in [6.07, 6.45) is -0.453. The molecule has 1 unspecified atom stereocenters. The lowest BCUT2D eigenvalue weighted by Crippen LogP contribution is -2.39. The van der Waals surface area contributed by atoms with Crippen LogP contribution in [0.5, 0.6) is 5.75 Å². The van der Waals surface area contributed by atoms with Gasteiger partial charge >= 0.3 is 11.9 Å². The number of aliphatic carboxylic acids is 2. The molecule has 1 atom stereocenters. The second kappa shape index (κ2) is 14.8. The van der Waals surface area contributed by atoms with Crippen LogP contribution in [0.15, 0.2) is 24.3 Å². The van der Waals surface area contributed by atoms with Gasteiger partial charge in [-0.15, -0.1) is 0 Å². The summed E-state index contributed by atoms with van der Waals surface area (Å²) in [5.74, 6) is -1.61. The highest BCUT2D eigenvalue weighted by atomic mass is 16.5. The van der Waals surface area contributed by atoms with Gasteiger partial charge in [0.05, 0.1) is 26.4 Å². The zero-order chi connectivity index (χ0) is 22.4. The van der Waals surface area contributed by atoms with Crippen molar-refractivity contribution < 1.29 is 34.4 Å². The fourth-order valence-electron chi connectivity index (χ4n) is 2.64. The summed E-state index contributed by atoms with van der Waals surface area (Å²) >= 11 is 0.